The van der Waals surface area contributed by atoms with Crippen LogP contribution < -0.4 is 9.64 Å². The van der Waals surface area contributed by atoms with Crippen LogP contribution in [0.5, 0.6) is 5.75 Å². The summed E-state index contributed by atoms with van der Waals surface area (Å²) in [5.41, 5.74) is 4.34. The first-order valence-electron chi connectivity index (χ1n) is 11.9. The molecule has 0 unspecified atom stereocenters. The molecule has 0 bridgehead atoms. The van der Waals surface area contributed by atoms with Crippen LogP contribution in [0.4, 0.5) is 5.69 Å². The zero-order chi connectivity index (χ0) is 24.0. The standard InChI is InChI=1S/C31H25NO3/c1-35-23-17-15-22(16-18-23)27-19-29(33)24-11-5-6-12-25(24)31(27)26-13-7-8-14-28(26)32(30(31)34)20-21-9-3-2-4-10-21/h2-18,27H,19-20H2,1H3/t27-,31-/m1/s1. The van der Waals surface area contributed by atoms with Crippen LogP contribution in [-0.4, -0.2) is 18.8 Å². The molecule has 172 valence electrons. The van der Waals surface area contributed by atoms with Crippen molar-refractivity contribution in [2.75, 3.05) is 12.0 Å². The van der Waals surface area contributed by atoms with Gasteiger partial charge in [0, 0.05) is 23.6 Å². The highest BCUT2D eigenvalue weighted by molar-refractivity contribution is 6.15. The lowest BCUT2D eigenvalue weighted by atomic mass is 9.58. The largest absolute Gasteiger partial charge is 0.497 e. The molecule has 0 radical (unpaired) electrons. The van der Waals surface area contributed by atoms with E-state index < -0.39 is 5.41 Å². The monoisotopic (exact) mass is 459 g/mol. The van der Waals surface area contributed by atoms with Crippen LogP contribution in [0.25, 0.3) is 0 Å². The molecule has 1 heterocycles. The molecule has 0 aromatic heterocycles. The summed E-state index contributed by atoms with van der Waals surface area (Å²) in [6.45, 7) is 0.476. The van der Waals surface area contributed by atoms with Crippen LogP contribution >= 0.6 is 0 Å². The van der Waals surface area contributed by atoms with Crippen molar-refractivity contribution in [1.29, 1.82) is 0 Å². The predicted octanol–water partition coefficient (Wildman–Crippen LogP) is 5.90. The van der Waals surface area contributed by atoms with E-state index >= 15 is 0 Å². The van der Waals surface area contributed by atoms with Crippen molar-refractivity contribution < 1.29 is 14.3 Å². The second-order valence-electron chi connectivity index (χ2n) is 9.20. The summed E-state index contributed by atoms with van der Waals surface area (Å²) in [6, 6.07) is 33.5. The number of amides is 1. The first kappa shape index (κ1) is 21.4. The van der Waals surface area contributed by atoms with Gasteiger partial charge in [-0.2, -0.15) is 0 Å². The lowest BCUT2D eigenvalue weighted by Gasteiger charge is -2.41. The van der Waals surface area contributed by atoms with Crippen molar-refractivity contribution in [3.05, 3.63) is 131 Å². The highest BCUT2D eigenvalue weighted by Crippen LogP contribution is 2.58. The Bertz CT molecular complexity index is 1430. The molecule has 4 aromatic rings. The SMILES string of the molecule is COc1ccc([C@H]2CC(=O)c3ccccc3[C@]23C(=O)N(Cc2ccccc2)c2ccccc23)cc1. The van der Waals surface area contributed by atoms with E-state index in [9.17, 15) is 9.59 Å². The Balaban J connectivity index is 1.61. The number of fused-ring (bicyclic) bond motifs is 4. The van der Waals surface area contributed by atoms with Crippen LogP contribution in [0.1, 0.15) is 45.0 Å². The third kappa shape index (κ3) is 3.13. The van der Waals surface area contributed by atoms with E-state index in [1.54, 1.807) is 7.11 Å². The maximum absolute atomic E-state index is 14.7. The maximum Gasteiger partial charge on any atom is 0.243 e. The Kier molecular flexibility index (Phi) is 5.03. The quantitative estimate of drug-likeness (QED) is 0.382. The number of hydrogen-bond acceptors (Lipinski definition) is 3. The summed E-state index contributed by atoms with van der Waals surface area (Å²) in [7, 11) is 1.63. The number of benzene rings is 4. The van der Waals surface area contributed by atoms with Crippen molar-refractivity contribution in [2.24, 2.45) is 0 Å². The van der Waals surface area contributed by atoms with Crippen LogP contribution in [0.3, 0.4) is 0 Å². The van der Waals surface area contributed by atoms with Crippen LogP contribution in [-0.2, 0) is 16.8 Å². The van der Waals surface area contributed by atoms with Gasteiger partial charge in [0.15, 0.2) is 5.78 Å². The molecule has 6 rings (SSSR count). The topological polar surface area (TPSA) is 46.6 Å². The molecule has 4 nitrogen and oxygen atoms in total. The molecule has 35 heavy (non-hydrogen) atoms. The fourth-order valence-electron chi connectivity index (χ4n) is 5.91. The van der Waals surface area contributed by atoms with Gasteiger partial charge in [-0.25, -0.2) is 0 Å². The number of para-hydroxylation sites is 1. The Morgan fingerprint density at radius 3 is 2.20 bits per heavy atom. The molecule has 0 saturated heterocycles. The number of rotatable bonds is 4. The average molecular weight is 460 g/mol. The summed E-state index contributed by atoms with van der Waals surface area (Å²) < 4.78 is 5.37. The van der Waals surface area contributed by atoms with Gasteiger partial charge in [-0.3, -0.25) is 9.59 Å². The molecule has 2 aliphatic rings. The molecule has 1 aliphatic carbocycles. The van der Waals surface area contributed by atoms with E-state index in [1.165, 1.54) is 0 Å². The van der Waals surface area contributed by atoms with Gasteiger partial charge in [0.2, 0.25) is 5.91 Å². The van der Waals surface area contributed by atoms with E-state index in [-0.39, 0.29) is 24.0 Å². The van der Waals surface area contributed by atoms with Gasteiger partial charge in [0.1, 0.15) is 11.2 Å². The van der Waals surface area contributed by atoms with Crippen LogP contribution in [0.2, 0.25) is 0 Å². The van der Waals surface area contributed by atoms with Crippen molar-refractivity contribution in [1.82, 2.24) is 0 Å². The van der Waals surface area contributed by atoms with Gasteiger partial charge >= 0.3 is 0 Å². The Morgan fingerprint density at radius 1 is 0.800 bits per heavy atom. The normalized spacial score (nSPS) is 20.6. The Morgan fingerprint density at radius 2 is 1.46 bits per heavy atom. The summed E-state index contributed by atoms with van der Waals surface area (Å²) in [5, 5.41) is 0. The zero-order valence-corrected chi connectivity index (χ0v) is 19.5. The molecule has 1 spiro atoms. The summed E-state index contributed by atoms with van der Waals surface area (Å²) >= 11 is 0. The number of methoxy groups -OCH3 is 1. The van der Waals surface area contributed by atoms with Crippen LogP contribution in [0.15, 0.2) is 103 Å². The second-order valence-corrected chi connectivity index (χ2v) is 9.20. The first-order valence-corrected chi connectivity index (χ1v) is 11.9. The number of carbonyl (C=O) groups excluding carboxylic acids is 2. The first-order chi connectivity index (χ1) is 17.1. The minimum Gasteiger partial charge on any atom is -0.497 e. The van der Waals surface area contributed by atoms with E-state index in [2.05, 4.69) is 6.07 Å². The summed E-state index contributed by atoms with van der Waals surface area (Å²) in [5.74, 6) is 0.501. The minimum absolute atomic E-state index is 0.0170. The number of nitrogens with zero attached hydrogens (tertiary/aromatic N) is 1. The number of Topliss-reactive ketones (excluding diaryl/α,β-unsaturated/α-hetero) is 1. The lowest BCUT2D eigenvalue weighted by Crippen LogP contribution is -2.49. The van der Waals surface area contributed by atoms with Crippen molar-refractivity contribution >= 4 is 17.4 Å². The third-order valence-electron chi connectivity index (χ3n) is 7.47. The number of ketones is 1. The van der Waals surface area contributed by atoms with E-state index in [0.717, 1.165) is 33.7 Å². The van der Waals surface area contributed by atoms with Gasteiger partial charge < -0.3 is 9.64 Å². The van der Waals surface area contributed by atoms with Gasteiger partial charge in [0.05, 0.1) is 13.7 Å². The van der Waals surface area contributed by atoms with Crippen molar-refractivity contribution in [2.45, 2.75) is 24.3 Å². The van der Waals surface area contributed by atoms with Crippen molar-refractivity contribution in [3.8, 4) is 5.75 Å². The molecule has 1 aliphatic heterocycles. The van der Waals surface area contributed by atoms with Gasteiger partial charge in [-0.1, -0.05) is 84.9 Å². The summed E-state index contributed by atoms with van der Waals surface area (Å²) in [4.78, 5) is 30.0. The zero-order valence-electron chi connectivity index (χ0n) is 19.5. The molecule has 1 amide bonds. The number of hydrogen-bond donors (Lipinski definition) is 0. The third-order valence-corrected chi connectivity index (χ3v) is 7.47. The molecule has 4 heteroatoms. The van der Waals surface area contributed by atoms with E-state index in [4.69, 9.17) is 4.74 Å². The average Bonchev–Trinajstić information content (AvgIpc) is 3.15. The number of anilines is 1. The minimum atomic E-state index is -0.982. The molecule has 4 aromatic carbocycles. The molecular formula is C31H25NO3. The lowest BCUT2D eigenvalue weighted by molar-refractivity contribution is -0.122. The highest BCUT2D eigenvalue weighted by atomic mass is 16.5. The second kappa shape index (κ2) is 8.24. The predicted molar refractivity (Wildman–Crippen MR) is 136 cm³/mol. The van der Waals surface area contributed by atoms with Crippen LogP contribution in [0, 0.1) is 0 Å². The molecular weight excluding hydrogens is 434 g/mol. The smallest absolute Gasteiger partial charge is 0.243 e. The summed E-state index contributed by atoms with van der Waals surface area (Å²) in [6.07, 6.45) is 0.266. The number of ether oxygens (including phenoxy) is 1. The molecule has 0 fully saturated rings. The highest BCUT2D eigenvalue weighted by Gasteiger charge is 2.60. The van der Waals surface area contributed by atoms with Gasteiger partial charge in [0.25, 0.3) is 0 Å². The van der Waals surface area contributed by atoms with Crippen molar-refractivity contribution in [3.63, 3.8) is 0 Å². The molecule has 2 atom stereocenters. The molecule has 0 saturated carbocycles. The van der Waals surface area contributed by atoms with Gasteiger partial charge in [-0.05, 0) is 40.5 Å². The fraction of sp³-hybridized carbons (Fsp3) is 0.161. The Hall–Kier alpha value is -4.18. The van der Waals surface area contributed by atoms with Gasteiger partial charge in [-0.15, -0.1) is 0 Å². The van der Waals surface area contributed by atoms with E-state index in [0.29, 0.717) is 12.1 Å². The number of carbonyl (C=O) groups is 2. The Labute approximate surface area is 204 Å². The molecule has 0 N–H and O–H groups in total. The fourth-order valence-corrected chi connectivity index (χ4v) is 5.91. The maximum atomic E-state index is 14.7. The van der Waals surface area contributed by atoms with E-state index in [1.807, 2.05) is 102 Å².